The van der Waals surface area contributed by atoms with Gasteiger partial charge in [-0.25, -0.2) is 0 Å². The minimum atomic E-state index is -0.105. The second kappa shape index (κ2) is 5.96. The van der Waals surface area contributed by atoms with Gasteiger partial charge in [0.25, 0.3) is 5.91 Å². The van der Waals surface area contributed by atoms with Crippen molar-refractivity contribution in [1.29, 1.82) is 0 Å². The zero-order valence-corrected chi connectivity index (χ0v) is 10.0. The van der Waals surface area contributed by atoms with Crippen LogP contribution >= 0.6 is 0 Å². The molecule has 3 heteroatoms. The standard InChI is InChI=1S/C15H15N2O/c1-2-14(13-9-6-10-16-11-13)17-15(18)12-7-4-3-5-8-12/h3-11,14H,1-2H2,(H,17,18). The fraction of sp³-hybridized carbons (Fsp3) is 0.133. The molecule has 2 aromatic rings. The molecule has 0 fully saturated rings. The van der Waals surface area contributed by atoms with Gasteiger partial charge in [-0.2, -0.15) is 0 Å². The minimum Gasteiger partial charge on any atom is -0.345 e. The first-order chi connectivity index (χ1) is 8.81. The monoisotopic (exact) mass is 239 g/mol. The van der Waals surface area contributed by atoms with Crippen LogP contribution in [0.4, 0.5) is 0 Å². The fourth-order valence-electron chi connectivity index (χ4n) is 1.74. The van der Waals surface area contributed by atoms with Crippen LogP contribution in [0.2, 0.25) is 0 Å². The van der Waals surface area contributed by atoms with Crippen LogP contribution in [-0.2, 0) is 0 Å². The number of benzene rings is 1. The summed E-state index contributed by atoms with van der Waals surface area (Å²) in [7, 11) is 0. The average Bonchev–Trinajstić information content (AvgIpc) is 2.46. The van der Waals surface area contributed by atoms with Crippen molar-refractivity contribution in [1.82, 2.24) is 10.3 Å². The Morgan fingerprint density at radius 1 is 1.22 bits per heavy atom. The van der Waals surface area contributed by atoms with Gasteiger partial charge in [0.1, 0.15) is 0 Å². The molecule has 0 aliphatic rings. The largest absolute Gasteiger partial charge is 0.345 e. The first-order valence-electron chi connectivity index (χ1n) is 5.86. The molecule has 1 aromatic carbocycles. The molecular formula is C15H15N2O. The van der Waals surface area contributed by atoms with Crippen LogP contribution in [0.25, 0.3) is 0 Å². The van der Waals surface area contributed by atoms with Crippen molar-refractivity contribution >= 4 is 5.91 Å². The highest BCUT2D eigenvalue weighted by Crippen LogP contribution is 2.15. The number of pyridine rings is 1. The predicted octanol–water partition coefficient (Wildman–Crippen LogP) is 2.78. The molecule has 3 nitrogen and oxygen atoms in total. The summed E-state index contributed by atoms with van der Waals surface area (Å²) in [5.74, 6) is -0.0897. The van der Waals surface area contributed by atoms with E-state index in [2.05, 4.69) is 17.2 Å². The molecule has 1 amide bonds. The quantitative estimate of drug-likeness (QED) is 0.891. The minimum absolute atomic E-state index is 0.0897. The molecule has 0 aliphatic carbocycles. The highest BCUT2D eigenvalue weighted by molar-refractivity contribution is 5.94. The van der Waals surface area contributed by atoms with Gasteiger partial charge in [0.05, 0.1) is 6.04 Å². The summed E-state index contributed by atoms with van der Waals surface area (Å²) >= 11 is 0. The normalized spacial score (nSPS) is 11.8. The molecular weight excluding hydrogens is 224 g/mol. The van der Waals surface area contributed by atoms with Crippen LogP contribution in [-0.4, -0.2) is 10.9 Å². The van der Waals surface area contributed by atoms with Crippen LogP contribution in [0.1, 0.15) is 28.4 Å². The molecule has 91 valence electrons. The van der Waals surface area contributed by atoms with Gasteiger partial charge in [-0.15, -0.1) is 0 Å². The lowest BCUT2D eigenvalue weighted by molar-refractivity contribution is 0.0937. The zero-order valence-electron chi connectivity index (χ0n) is 10.0. The van der Waals surface area contributed by atoms with Gasteiger partial charge in [0, 0.05) is 18.0 Å². The van der Waals surface area contributed by atoms with Gasteiger partial charge in [-0.3, -0.25) is 9.78 Å². The maximum atomic E-state index is 12.0. The van der Waals surface area contributed by atoms with Gasteiger partial charge in [-0.05, 0) is 30.2 Å². The van der Waals surface area contributed by atoms with E-state index in [0.29, 0.717) is 12.0 Å². The Labute approximate surface area is 107 Å². The number of carbonyl (C=O) groups excluding carboxylic acids is 1. The van der Waals surface area contributed by atoms with E-state index < -0.39 is 0 Å². The van der Waals surface area contributed by atoms with Crippen LogP contribution in [0.3, 0.4) is 0 Å². The SMILES string of the molecule is [CH2]CC(NC(=O)c1ccccc1)c1cccnc1. The van der Waals surface area contributed by atoms with Crippen molar-refractivity contribution in [3.63, 3.8) is 0 Å². The van der Waals surface area contributed by atoms with Crippen LogP contribution in [0.5, 0.6) is 0 Å². The van der Waals surface area contributed by atoms with Crippen molar-refractivity contribution < 1.29 is 4.79 Å². The topological polar surface area (TPSA) is 42.0 Å². The van der Waals surface area contributed by atoms with E-state index in [4.69, 9.17) is 0 Å². The van der Waals surface area contributed by atoms with Crippen LogP contribution < -0.4 is 5.32 Å². The second-order valence-electron chi connectivity index (χ2n) is 3.97. The first-order valence-corrected chi connectivity index (χ1v) is 5.86. The Morgan fingerprint density at radius 3 is 2.61 bits per heavy atom. The number of amides is 1. The molecule has 1 radical (unpaired) electrons. The Bertz CT molecular complexity index is 496. The van der Waals surface area contributed by atoms with E-state index in [-0.39, 0.29) is 11.9 Å². The molecule has 0 bridgehead atoms. The third-order valence-electron chi connectivity index (χ3n) is 2.72. The predicted molar refractivity (Wildman–Crippen MR) is 70.9 cm³/mol. The number of hydrogen-bond acceptors (Lipinski definition) is 2. The van der Waals surface area contributed by atoms with E-state index in [9.17, 15) is 4.79 Å². The summed E-state index contributed by atoms with van der Waals surface area (Å²) in [5, 5.41) is 2.96. The highest BCUT2D eigenvalue weighted by Gasteiger charge is 2.13. The Balaban J connectivity index is 2.10. The maximum absolute atomic E-state index is 12.0. The molecule has 2 rings (SSSR count). The molecule has 0 saturated heterocycles. The van der Waals surface area contributed by atoms with Gasteiger partial charge < -0.3 is 5.32 Å². The molecule has 1 aromatic heterocycles. The summed E-state index contributed by atoms with van der Waals surface area (Å²) in [6.45, 7) is 3.87. The Kier molecular flexibility index (Phi) is 4.07. The summed E-state index contributed by atoms with van der Waals surface area (Å²) in [4.78, 5) is 16.1. The van der Waals surface area contributed by atoms with Crippen molar-refractivity contribution in [3.8, 4) is 0 Å². The second-order valence-corrected chi connectivity index (χ2v) is 3.97. The molecule has 18 heavy (non-hydrogen) atoms. The average molecular weight is 239 g/mol. The van der Waals surface area contributed by atoms with Crippen molar-refractivity contribution in [2.24, 2.45) is 0 Å². The lowest BCUT2D eigenvalue weighted by Crippen LogP contribution is -2.28. The maximum Gasteiger partial charge on any atom is 0.251 e. The van der Waals surface area contributed by atoms with Crippen molar-refractivity contribution in [2.45, 2.75) is 12.5 Å². The molecule has 1 heterocycles. The molecule has 0 saturated carbocycles. The summed E-state index contributed by atoms with van der Waals surface area (Å²) in [5.41, 5.74) is 1.62. The number of nitrogens with zero attached hydrogens (tertiary/aromatic N) is 1. The van der Waals surface area contributed by atoms with E-state index in [1.807, 2.05) is 30.3 Å². The van der Waals surface area contributed by atoms with Gasteiger partial charge in [0.2, 0.25) is 0 Å². The van der Waals surface area contributed by atoms with Crippen molar-refractivity contribution in [2.75, 3.05) is 0 Å². The lowest BCUT2D eigenvalue weighted by Gasteiger charge is -2.16. The number of carbonyl (C=O) groups is 1. The third kappa shape index (κ3) is 2.94. The van der Waals surface area contributed by atoms with E-state index in [1.165, 1.54) is 0 Å². The first kappa shape index (κ1) is 12.3. The van der Waals surface area contributed by atoms with E-state index >= 15 is 0 Å². The summed E-state index contributed by atoms with van der Waals surface area (Å²) < 4.78 is 0. The smallest absolute Gasteiger partial charge is 0.251 e. The molecule has 0 aliphatic heterocycles. The van der Waals surface area contributed by atoms with Crippen LogP contribution in [0, 0.1) is 6.92 Å². The van der Waals surface area contributed by atoms with Gasteiger partial charge >= 0.3 is 0 Å². The Morgan fingerprint density at radius 2 is 2.00 bits per heavy atom. The number of aromatic nitrogens is 1. The zero-order chi connectivity index (χ0) is 12.8. The fourth-order valence-corrected chi connectivity index (χ4v) is 1.74. The van der Waals surface area contributed by atoms with Crippen molar-refractivity contribution in [3.05, 3.63) is 72.9 Å². The van der Waals surface area contributed by atoms with E-state index in [1.54, 1.807) is 24.5 Å². The van der Waals surface area contributed by atoms with E-state index in [0.717, 1.165) is 5.56 Å². The Hall–Kier alpha value is -2.16. The van der Waals surface area contributed by atoms with Crippen LogP contribution in [0.15, 0.2) is 54.9 Å². The van der Waals surface area contributed by atoms with Gasteiger partial charge in [-0.1, -0.05) is 31.2 Å². The molecule has 1 unspecified atom stereocenters. The number of nitrogens with one attached hydrogen (secondary N) is 1. The number of rotatable bonds is 4. The lowest BCUT2D eigenvalue weighted by atomic mass is 10.1. The third-order valence-corrected chi connectivity index (χ3v) is 2.72. The van der Waals surface area contributed by atoms with Gasteiger partial charge in [0.15, 0.2) is 0 Å². The highest BCUT2D eigenvalue weighted by atomic mass is 16.1. The summed E-state index contributed by atoms with van der Waals surface area (Å²) in [6.07, 6.45) is 4.05. The number of hydrogen-bond donors (Lipinski definition) is 1. The molecule has 1 atom stereocenters. The molecule has 1 N–H and O–H groups in total. The molecule has 0 spiro atoms. The summed E-state index contributed by atoms with van der Waals surface area (Å²) in [6, 6.07) is 12.8.